The second-order valence-corrected chi connectivity index (χ2v) is 5.08. The minimum absolute atomic E-state index is 0.0618. The van der Waals surface area contributed by atoms with Crippen LogP contribution in [-0.4, -0.2) is 29.7 Å². The summed E-state index contributed by atoms with van der Waals surface area (Å²) in [6, 6.07) is 7.84. The van der Waals surface area contributed by atoms with Crippen LogP contribution in [0.5, 0.6) is 0 Å². The number of aliphatic hydroxyl groups excluding tert-OH is 1. The molecule has 4 heteroatoms. The van der Waals surface area contributed by atoms with Crippen molar-refractivity contribution in [2.45, 2.75) is 45.7 Å². The molecule has 0 aromatic heterocycles. The van der Waals surface area contributed by atoms with Crippen LogP contribution in [0.1, 0.15) is 44.0 Å². The fourth-order valence-corrected chi connectivity index (χ4v) is 1.89. The first kappa shape index (κ1) is 15.5. The van der Waals surface area contributed by atoms with E-state index >= 15 is 0 Å². The highest BCUT2D eigenvalue weighted by Crippen LogP contribution is 2.16. The maximum atomic E-state index is 12.2. The maximum absolute atomic E-state index is 12.2. The summed E-state index contributed by atoms with van der Waals surface area (Å²) in [5, 5.41) is 15.0. The summed E-state index contributed by atoms with van der Waals surface area (Å²) in [4.78, 5) is 12.2. The van der Waals surface area contributed by atoms with Gasteiger partial charge in [-0.2, -0.15) is 0 Å². The number of nitrogens with one attached hydrogen (secondary N) is 2. The maximum Gasteiger partial charge on any atom is 0.253 e. The number of carbonyl (C=O) groups excluding carboxylic acids is 1. The van der Waals surface area contributed by atoms with Crippen LogP contribution in [0.3, 0.4) is 0 Å². The normalized spacial score (nSPS) is 12.3. The molecule has 1 unspecified atom stereocenters. The fraction of sp³-hybridized carbons (Fsp3) is 0.533. The summed E-state index contributed by atoms with van der Waals surface area (Å²) in [5.41, 5.74) is 1.51. The van der Waals surface area contributed by atoms with Crippen molar-refractivity contribution in [1.29, 1.82) is 0 Å². The molecule has 0 heterocycles. The Kier molecular flexibility index (Phi) is 6.36. The number of hydrogen-bond donors (Lipinski definition) is 3. The van der Waals surface area contributed by atoms with E-state index in [-0.39, 0.29) is 24.6 Å². The van der Waals surface area contributed by atoms with Crippen molar-refractivity contribution in [2.75, 3.05) is 11.9 Å². The van der Waals surface area contributed by atoms with Crippen LogP contribution >= 0.6 is 0 Å². The predicted octanol–water partition coefficient (Wildman–Crippen LogP) is 2.40. The SMILES string of the molecule is CC(C)Nc1ccccc1C(=O)NC(C)CCCO. The lowest BCUT2D eigenvalue weighted by Crippen LogP contribution is -2.33. The molecular weight excluding hydrogens is 240 g/mol. The smallest absolute Gasteiger partial charge is 0.253 e. The monoisotopic (exact) mass is 264 g/mol. The van der Waals surface area contributed by atoms with Gasteiger partial charge in [-0.25, -0.2) is 0 Å². The first-order valence-corrected chi connectivity index (χ1v) is 6.82. The molecule has 106 valence electrons. The van der Waals surface area contributed by atoms with Crippen molar-refractivity contribution in [2.24, 2.45) is 0 Å². The Balaban J connectivity index is 2.70. The van der Waals surface area contributed by atoms with E-state index in [2.05, 4.69) is 10.6 Å². The molecule has 19 heavy (non-hydrogen) atoms. The zero-order chi connectivity index (χ0) is 14.3. The lowest BCUT2D eigenvalue weighted by atomic mass is 10.1. The van der Waals surface area contributed by atoms with Crippen molar-refractivity contribution < 1.29 is 9.90 Å². The van der Waals surface area contributed by atoms with Gasteiger partial charge in [-0.05, 0) is 45.7 Å². The lowest BCUT2D eigenvalue weighted by molar-refractivity contribution is 0.0937. The Morgan fingerprint density at radius 2 is 1.95 bits per heavy atom. The molecular formula is C15H24N2O2. The molecule has 1 amide bonds. The van der Waals surface area contributed by atoms with E-state index in [1.54, 1.807) is 0 Å². The van der Waals surface area contributed by atoms with Crippen LogP contribution < -0.4 is 10.6 Å². The quantitative estimate of drug-likeness (QED) is 0.708. The third kappa shape index (κ3) is 5.30. The van der Waals surface area contributed by atoms with Crippen LogP contribution in [0.4, 0.5) is 5.69 Å². The molecule has 0 radical (unpaired) electrons. The van der Waals surface area contributed by atoms with Crippen LogP contribution in [0, 0.1) is 0 Å². The second-order valence-electron chi connectivity index (χ2n) is 5.08. The number of amides is 1. The third-order valence-electron chi connectivity index (χ3n) is 2.79. The molecule has 0 spiro atoms. The molecule has 1 aromatic rings. The predicted molar refractivity (Wildman–Crippen MR) is 78.4 cm³/mol. The van der Waals surface area contributed by atoms with Crippen molar-refractivity contribution in [3.63, 3.8) is 0 Å². The zero-order valence-corrected chi connectivity index (χ0v) is 11.9. The van der Waals surface area contributed by atoms with Gasteiger partial charge < -0.3 is 15.7 Å². The highest BCUT2D eigenvalue weighted by molar-refractivity contribution is 5.99. The number of rotatable bonds is 7. The van der Waals surface area contributed by atoms with Gasteiger partial charge in [0.1, 0.15) is 0 Å². The van der Waals surface area contributed by atoms with Crippen LogP contribution in [0.15, 0.2) is 24.3 Å². The van der Waals surface area contributed by atoms with E-state index in [9.17, 15) is 4.79 Å². The first-order valence-electron chi connectivity index (χ1n) is 6.82. The number of benzene rings is 1. The Bertz CT molecular complexity index is 405. The van der Waals surface area contributed by atoms with Gasteiger partial charge in [0.2, 0.25) is 0 Å². The fourth-order valence-electron chi connectivity index (χ4n) is 1.89. The zero-order valence-electron chi connectivity index (χ0n) is 11.9. The van der Waals surface area contributed by atoms with E-state index in [0.29, 0.717) is 12.0 Å². The highest BCUT2D eigenvalue weighted by atomic mass is 16.3. The van der Waals surface area contributed by atoms with Gasteiger partial charge in [-0.3, -0.25) is 4.79 Å². The van der Waals surface area contributed by atoms with Crippen LogP contribution in [0.25, 0.3) is 0 Å². The van der Waals surface area contributed by atoms with Gasteiger partial charge in [-0.15, -0.1) is 0 Å². The average molecular weight is 264 g/mol. The van der Waals surface area contributed by atoms with Gasteiger partial charge in [-0.1, -0.05) is 12.1 Å². The second kappa shape index (κ2) is 7.79. The third-order valence-corrected chi connectivity index (χ3v) is 2.79. The molecule has 4 nitrogen and oxygen atoms in total. The van der Waals surface area contributed by atoms with Gasteiger partial charge in [0.15, 0.2) is 0 Å². The standard InChI is InChI=1S/C15H24N2O2/c1-11(2)16-14-9-5-4-8-13(14)15(19)17-12(3)7-6-10-18/h4-5,8-9,11-12,16,18H,6-7,10H2,1-3H3,(H,17,19). The Hall–Kier alpha value is -1.55. The van der Waals surface area contributed by atoms with Gasteiger partial charge in [0.05, 0.1) is 5.56 Å². The van der Waals surface area contributed by atoms with Crippen LogP contribution in [-0.2, 0) is 0 Å². The van der Waals surface area contributed by atoms with Gasteiger partial charge >= 0.3 is 0 Å². The van der Waals surface area contributed by atoms with E-state index in [1.165, 1.54) is 0 Å². The topological polar surface area (TPSA) is 61.4 Å². The summed E-state index contributed by atoms with van der Waals surface area (Å²) in [6.07, 6.45) is 1.48. The largest absolute Gasteiger partial charge is 0.396 e. The molecule has 1 aromatic carbocycles. The average Bonchev–Trinajstić information content (AvgIpc) is 2.36. The Morgan fingerprint density at radius 3 is 2.58 bits per heavy atom. The van der Waals surface area contributed by atoms with E-state index in [1.807, 2.05) is 45.0 Å². The number of carbonyl (C=O) groups is 1. The summed E-state index contributed by atoms with van der Waals surface area (Å²) < 4.78 is 0. The Labute approximate surface area is 115 Å². The summed E-state index contributed by atoms with van der Waals surface area (Å²) in [7, 11) is 0. The molecule has 0 bridgehead atoms. The number of anilines is 1. The molecule has 1 atom stereocenters. The molecule has 0 aliphatic rings. The first-order chi connectivity index (χ1) is 9.04. The van der Waals surface area contributed by atoms with Crippen LogP contribution in [0.2, 0.25) is 0 Å². The van der Waals surface area contributed by atoms with E-state index in [4.69, 9.17) is 5.11 Å². The highest BCUT2D eigenvalue weighted by Gasteiger charge is 2.13. The molecule has 3 N–H and O–H groups in total. The molecule has 0 aliphatic carbocycles. The van der Waals surface area contributed by atoms with E-state index < -0.39 is 0 Å². The summed E-state index contributed by atoms with van der Waals surface area (Å²) >= 11 is 0. The molecule has 0 saturated carbocycles. The van der Waals surface area contributed by atoms with Crippen molar-refractivity contribution >= 4 is 11.6 Å². The van der Waals surface area contributed by atoms with Crippen molar-refractivity contribution in [3.05, 3.63) is 29.8 Å². The minimum Gasteiger partial charge on any atom is -0.396 e. The van der Waals surface area contributed by atoms with Crippen molar-refractivity contribution in [1.82, 2.24) is 5.32 Å². The van der Waals surface area contributed by atoms with Crippen molar-refractivity contribution in [3.8, 4) is 0 Å². The molecule has 0 fully saturated rings. The van der Waals surface area contributed by atoms with E-state index in [0.717, 1.165) is 12.1 Å². The number of para-hydroxylation sites is 1. The lowest BCUT2D eigenvalue weighted by Gasteiger charge is -2.17. The number of aliphatic hydroxyl groups is 1. The van der Waals surface area contributed by atoms with Gasteiger partial charge in [0.25, 0.3) is 5.91 Å². The molecule has 0 aliphatic heterocycles. The minimum atomic E-state index is -0.0748. The molecule has 0 saturated heterocycles. The number of hydrogen-bond acceptors (Lipinski definition) is 3. The summed E-state index contributed by atoms with van der Waals surface area (Å²) in [6.45, 7) is 6.19. The summed E-state index contributed by atoms with van der Waals surface area (Å²) in [5.74, 6) is -0.0748. The molecule has 1 rings (SSSR count). The Morgan fingerprint density at radius 1 is 1.26 bits per heavy atom. The van der Waals surface area contributed by atoms with Gasteiger partial charge in [0, 0.05) is 24.4 Å².